The number of aryl methyl sites for hydroxylation is 1. The molecular formula is C19H32O4S. The first-order valence-corrected chi connectivity index (χ1v) is 10.6. The van der Waals surface area contributed by atoms with Gasteiger partial charge in [0.05, 0.1) is 6.61 Å². The SMILES string of the molecule is CCCCCCCCCCCCc1ccccc1COS(=O)(=O)O. The van der Waals surface area contributed by atoms with Crippen molar-refractivity contribution in [3.8, 4) is 0 Å². The standard InChI is InChI=1S/C19H32O4S/c1-2-3-4-5-6-7-8-9-10-11-14-18-15-12-13-16-19(18)17-23-24(20,21)22/h12-13,15-16H,2-11,14,17H2,1H3,(H,20,21,22). The van der Waals surface area contributed by atoms with Crippen molar-refractivity contribution in [2.24, 2.45) is 0 Å². The maximum Gasteiger partial charge on any atom is 0.397 e. The summed E-state index contributed by atoms with van der Waals surface area (Å²) in [6, 6.07) is 7.64. The summed E-state index contributed by atoms with van der Waals surface area (Å²) in [5.41, 5.74) is 1.92. The minimum Gasteiger partial charge on any atom is -0.264 e. The third-order valence-electron chi connectivity index (χ3n) is 4.28. The Bertz CT molecular complexity index is 540. The van der Waals surface area contributed by atoms with Gasteiger partial charge in [0.2, 0.25) is 0 Å². The zero-order chi connectivity index (χ0) is 17.7. The van der Waals surface area contributed by atoms with E-state index >= 15 is 0 Å². The molecular weight excluding hydrogens is 324 g/mol. The molecule has 0 spiro atoms. The summed E-state index contributed by atoms with van der Waals surface area (Å²) in [6.45, 7) is 2.14. The summed E-state index contributed by atoms with van der Waals surface area (Å²) in [7, 11) is -4.38. The first-order valence-electron chi connectivity index (χ1n) is 9.21. The Hall–Kier alpha value is -0.910. The lowest BCUT2D eigenvalue weighted by Gasteiger charge is -2.09. The highest BCUT2D eigenvalue weighted by molar-refractivity contribution is 7.80. The maximum atomic E-state index is 10.7. The van der Waals surface area contributed by atoms with Gasteiger partial charge in [0.25, 0.3) is 0 Å². The van der Waals surface area contributed by atoms with Crippen LogP contribution in [0.15, 0.2) is 24.3 Å². The molecule has 138 valence electrons. The molecule has 1 rings (SSSR count). The van der Waals surface area contributed by atoms with Crippen molar-refractivity contribution in [1.82, 2.24) is 0 Å². The highest BCUT2D eigenvalue weighted by atomic mass is 32.3. The van der Waals surface area contributed by atoms with Gasteiger partial charge in [-0.2, -0.15) is 8.42 Å². The number of unbranched alkanes of at least 4 members (excludes halogenated alkanes) is 9. The van der Waals surface area contributed by atoms with E-state index in [1.807, 2.05) is 24.3 Å². The first kappa shape index (κ1) is 21.1. The van der Waals surface area contributed by atoms with E-state index in [1.165, 1.54) is 57.8 Å². The summed E-state index contributed by atoms with van der Waals surface area (Å²) in [5.74, 6) is 0. The highest BCUT2D eigenvalue weighted by Gasteiger charge is 2.08. The summed E-state index contributed by atoms with van der Waals surface area (Å²) in [6.07, 6.45) is 13.9. The Morgan fingerprint density at radius 1 is 0.833 bits per heavy atom. The van der Waals surface area contributed by atoms with Gasteiger partial charge in [-0.1, -0.05) is 89.0 Å². The number of hydrogen-bond acceptors (Lipinski definition) is 3. The molecule has 1 N–H and O–H groups in total. The fourth-order valence-electron chi connectivity index (χ4n) is 2.88. The summed E-state index contributed by atoms with van der Waals surface area (Å²) >= 11 is 0. The Morgan fingerprint density at radius 2 is 1.33 bits per heavy atom. The minimum absolute atomic E-state index is 0.104. The lowest BCUT2D eigenvalue weighted by atomic mass is 10.0. The molecule has 0 heterocycles. The van der Waals surface area contributed by atoms with Crippen molar-refractivity contribution in [2.45, 2.75) is 84.2 Å². The summed E-state index contributed by atoms with van der Waals surface area (Å²) in [4.78, 5) is 0. The molecule has 0 amide bonds. The normalized spacial score (nSPS) is 11.8. The van der Waals surface area contributed by atoms with E-state index in [9.17, 15) is 8.42 Å². The Kier molecular flexibility index (Phi) is 11.0. The minimum atomic E-state index is -4.38. The van der Waals surface area contributed by atoms with Crippen molar-refractivity contribution in [2.75, 3.05) is 0 Å². The molecule has 0 fully saturated rings. The fraction of sp³-hybridized carbons (Fsp3) is 0.684. The largest absolute Gasteiger partial charge is 0.397 e. The Balaban J connectivity index is 2.16. The van der Waals surface area contributed by atoms with Crippen LogP contribution in [0, 0.1) is 0 Å². The molecule has 4 nitrogen and oxygen atoms in total. The molecule has 0 atom stereocenters. The van der Waals surface area contributed by atoms with E-state index in [1.54, 1.807) is 0 Å². The molecule has 0 radical (unpaired) electrons. The van der Waals surface area contributed by atoms with Gasteiger partial charge in [-0.3, -0.25) is 4.55 Å². The second-order valence-electron chi connectivity index (χ2n) is 6.39. The molecule has 0 aromatic heterocycles. The van der Waals surface area contributed by atoms with Crippen LogP contribution in [0.2, 0.25) is 0 Å². The molecule has 1 aromatic carbocycles. The van der Waals surface area contributed by atoms with E-state index in [0.29, 0.717) is 0 Å². The van der Waals surface area contributed by atoms with E-state index < -0.39 is 10.4 Å². The maximum absolute atomic E-state index is 10.7. The van der Waals surface area contributed by atoms with Crippen LogP contribution in [0.25, 0.3) is 0 Å². The van der Waals surface area contributed by atoms with E-state index in [-0.39, 0.29) is 6.61 Å². The quantitative estimate of drug-likeness (QED) is 0.355. The molecule has 0 saturated carbocycles. The topological polar surface area (TPSA) is 63.6 Å². The van der Waals surface area contributed by atoms with Gasteiger partial charge in [0.1, 0.15) is 0 Å². The van der Waals surface area contributed by atoms with Gasteiger partial charge >= 0.3 is 10.4 Å². The number of hydrogen-bond donors (Lipinski definition) is 1. The smallest absolute Gasteiger partial charge is 0.264 e. The van der Waals surface area contributed by atoms with Crippen LogP contribution >= 0.6 is 0 Å². The summed E-state index contributed by atoms with van der Waals surface area (Å²) < 4.78 is 34.6. The molecule has 0 aliphatic rings. The molecule has 5 heteroatoms. The van der Waals surface area contributed by atoms with Crippen LogP contribution in [-0.2, 0) is 27.6 Å². The first-order chi connectivity index (χ1) is 11.5. The zero-order valence-corrected chi connectivity index (χ0v) is 15.7. The van der Waals surface area contributed by atoms with Crippen LogP contribution < -0.4 is 0 Å². The van der Waals surface area contributed by atoms with Crippen LogP contribution in [0.3, 0.4) is 0 Å². The molecule has 0 unspecified atom stereocenters. The Morgan fingerprint density at radius 3 is 1.88 bits per heavy atom. The van der Waals surface area contributed by atoms with Gasteiger partial charge in [-0.25, -0.2) is 4.18 Å². The van der Waals surface area contributed by atoms with Crippen LogP contribution in [-0.4, -0.2) is 13.0 Å². The average Bonchev–Trinajstić information content (AvgIpc) is 2.55. The van der Waals surface area contributed by atoms with Gasteiger partial charge in [0, 0.05) is 0 Å². The molecule has 0 bridgehead atoms. The monoisotopic (exact) mass is 356 g/mol. The fourth-order valence-corrected chi connectivity index (χ4v) is 3.16. The Labute approximate surface area is 147 Å². The lowest BCUT2D eigenvalue weighted by molar-refractivity contribution is 0.259. The van der Waals surface area contributed by atoms with Crippen LogP contribution in [0.4, 0.5) is 0 Å². The van der Waals surface area contributed by atoms with Gasteiger partial charge in [0.15, 0.2) is 0 Å². The van der Waals surface area contributed by atoms with Gasteiger partial charge in [-0.15, -0.1) is 0 Å². The third-order valence-corrected chi connectivity index (χ3v) is 4.70. The van der Waals surface area contributed by atoms with Crippen molar-refractivity contribution in [3.05, 3.63) is 35.4 Å². The van der Waals surface area contributed by atoms with Gasteiger partial charge in [-0.05, 0) is 24.0 Å². The van der Waals surface area contributed by atoms with Crippen LogP contribution in [0.5, 0.6) is 0 Å². The molecule has 0 aliphatic carbocycles. The number of benzene rings is 1. The van der Waals surface area contributed by atoms with Crippen molar-refractivity contribution >= 4 is 10.4 Å². The predicted molar refractivity (Wildman–Crippen MR) is 98.3 cm³/mol. The van der Waals surface area contributed by atoms with Gasteiger partial charge < -0.3 is 0 Å². The molecule has 24 heavy (non-hydrogen) atoms. The summed E-state index contributed by atoms with van der Waals surface area (Å²) in [5, 5.41) is 0. The lowest BCUT2D eigenvalue weighted by Crippen LogP contribution is -2.05. The average molecular weight is 357 g/mol. The van der Waals surface area contributed by atoms with E-state index in [0.717, 1.165) is 24.0 Å². The second-order valence-corrected chi connectivity index (χ2v) is 7.48. The highest BCUT2D eigenvalue weighted by Crippen LogP contribution is 2.16. The van der Waals surface area contributed by atoms with Crippen molar-refractivity contribution < 1.29 is 17.2 Å². The third kappa shape index (κ3) is 10.8. The second kappa shape index (κ2) is 12.5. The molecule has 1 aromatic rings. The van der Waals surface area contributed by atoms with E-state index in [2.05, 4.69) is 11.1 Å². The molecule has 0 aliphatic heterocycles. The zero-order valence-electron chi connectivity index (χ0n) is 14.9. The number of rotatable bonds is 14. The molecule has 0 saturated heterocycles. The van der Waals surface area contributed by atoms with E-state index in [4.69, 9.17) is 4.55 Å². The van der Waals surface area contributed by atoms with Crippen LogP contribution in [0.1, 0.15) is 82.3 Å². The van der Waals surface area contributed by atoms with Crippen molar-refractivity contribution in [1.29, 1.82) is 0 Å². The predicted octanol–water partition coefficient (Wildman–Crippen LogP) is 5.47. The van der Waals surface area contributed by atoms with Crippen molar-refractivity contribution in [3.63, 3.8) is 0 Å².